The van der Waals surface area contributed by atoms with E-state index in [4.69, 9.17) is 11.6 Å². The summed E-state index contributed by atoms with van der Waals surface area (Å²) in [5.41, 5.74) is 0.679. The minimum atomic E-state index is -0.0932. The fraction of sp³-hybridized carbons (Fsp3) is 0.273. The van der Waals surface area contributed by atoms with E-state index in [1.807, 2.05) is 29.5 Å². The molecule has 94 valence electrons. The van der Waals surface area contributed by atoms with Crippen molar-refractivity contribution in [3.63, 3.8) is 0 Å². The standard InChI is InChI=1S/C11H10ClIN4O/c1-6-3-9(12)16-10(15-6)5-17-7(2)14-4-8(13)11(17)18/h3-4H,5H2,1-2H3. The fourth-order valence-electron chi connectivity index (χ4n) is 1.54. The predicted octanol–water partition coefficient (Wildman–Crippen LogP) is 1.96. The Morgan fingerprint density at radius 2 is 2.11 bits per heavy atom. The van der Waals surface area contributed by atoms with Gasteiger partial charge in [-0.15, -0.1) is 0 Å². The van der Waals surface area contributed by atoms with Crippen LogP contribution in [0.1, 0.15) is 17.3 Å². The Balaban J connectivity index is 2.46. The maximum atomic E-state index is 12.0. The topological polar surface area (TPSA) is 60.7 Å². The molecule has 0 fully saturated rings. The first kappa shape index (κ1) is 13.4. The SMILES string of the molecule is Cc1cc(Cl)nc(Cn2c(C)ncc(I)c2=O)n1. The monoisotopic (exact) mass is 376 g/mol. The molecule has 0 aromatic carbocycles. The summed E-state index contributed by atoms with van der Waals surface area (Å²) in [6, 6.07) is 1.67. The van der Waals surface area contributed by atoms with Crippen LogP contribution in [0.25, 0.3) is 0 Å². The van der Waals surface area contributed by atoms with Gasteiger partial charge in [-0.2, -0.15) is 0 Å². The molecular formula is C11H10ClIN4O. The second kappa shape index (κ2) is 5.31. The molecule has 0 N–H and O–H groups in total. The number of aromatic nitrogens is 4. The molecule has 5 nitrogen and oxygen atoms in total. The van der Waals surface area contributed by atoms with Gasteiger partial charge in [0.1, 0.15) is 16.8 Å². The Bertz CT molecular complexity index is 636. The highest BCUT2D eigenvalue weighted by atomic mass is 127. The molecule has 0 saturated heterocycles. The molecule has 0 saturated carbocycles. The quantitative estimate of drug-likeness (QED) is 0.594. The normalized spacial score (nSPS) is 10.7. The maximum Gasteiger partial charge on any atom is 0.267 e. The first-order valence-corrected chi connectivity index (χ1v) is 6.65. The van der Waals surface area contributed by atoms with E-state index < -0.39 is 0 Å². The third-order valence-electron chi connectivity index (χ3n) is 2.37. The van der Waals surface area contributed by atoms with E-state index in [1.54, 1.807) is 19.2 Å². The predicted molar refractivity (Wildman–Crippen MR) is 76.8 cm³/mol. The number of aryl methyl sites for hydroxylation is 2. The van der Waals surface area contributed by atoms with Gasteiger partial charge in [0.25, 0.3) is 5.56 Å². The number of hydrogen-bond acceptors (Lipinski definition) is 4. The molecule has 0 unspecified atom stereocenters. The van der Waals surface area contributed by atoms with Crippen molar-refractivity contribution in [3.05, 3.63) is 48.7 Å². The van der Waals surface area contributed by atoms with Gasteiger partial charge < -0.3 is 0 Å². The fourth-order valence-corrected chi connectivity index (χ4v) is 2.22. The molecule has 2 rings (SSSR count). The lowest BCUT2D eigenvalue weighted by Gasteiger charge is -2.09. The van der Waals surface area contributed by atoms with E-state index in [0.717, 1.165) is 5.69 Å². The number of hydrogen-bond donors (Lipinski definition) is 0. The molecule has 0 aliphatic rings. The van der Waals surface area contributed by atoms with Gasteiger partial charge in [0.05, 0.1) is 10.1 Å². The van der Waals surface area contributed by atoms with Gasteiger partial charge in [-0.05, 0) is 42.5 Å². The lowest BCUT2D eigenvalue weighted by Crippen LogP contribution is -2.26. The van der Waals surface area contributed by atoms with E-state index >= 15 is 0 Å². The molecule has 7 heteroatoms. The van der Waals surface area contributed by atoms with Crippen LogP contribution in [0.5, 0.6) is 0 Å². The highest BCUT2D eigenvalue weighted by molar-refractivity contribution is 14.1. The van der Waals surface area contributed by atoms with Crippen LogP contribution in [0, 0.1) is 17.4 Å². The molecule has 2 aromatic rings. The molecule has 0 bridgehead atoms. The van der Waals surface area contributed by atoms with Gasteiger partial charge in [-0.1, -0.05) is 11.6 Å². The molecule has 0 atom stereocenters. The molecule has 2 heterocycles. The molecule has 0 spiro atoms. The summed E-state index contributed by atoms with van der Waals surface area (Å²) in [5.74, 6) is 1.13. The first-order valence-electron chi connectivity index (χ1n) is 5.19. The van der Waals surface area contributed by atoms with Gasteiger partial charge in [0.15, 0.2) is 0 Å². The highest BCUT2D eigenvalue weighted by Crippen LogP contribution is 2.08. The second-order valence-electron chi connectivity index (χ2n) is 3.79. The minimum Gasteiger partial charge on any atom is -0.288 e. The highest BCUT2D eigenvalue weighted by Gasteiger charge is 2.08. The van der Waals surface area contributed by atoms with Crippen LogP contribution in [-0.2, 0) is 6.54 Å². The molecular weight excluding hydrogens is 367 g/mol. The van der Waals surface area contributed by atoms with Gasteiger partial charge in [0, 0.05) is 11.9 Å². The van der Waals surface area contributed by atoms with Gasteiger partial charge >= 0.3 is 0 Å². The largest absolute Gasteiger partial charge is 0.288 e. The van der Waals surface area contributed by atoms with Crippen LogP contribution in [0.2, 0.25) is 5.15 Å². The Kier molecular flexibility index (Phi) is 3.96. The lowest BCUT2D eigenvalue weighted by molar-refractivity contribution is 0.662. The average Bonchev–Trinajstić information content (AvgIpc) is 2.28. The third-order valence-corrected chi connectivity index (χ3v) is 3.31. The Labute approximate surface area is 122 Å². The van der Waals surface area contributed by atoms with E-state index in [-0.39, 0.29) is 12.1 Å². The van der Waals surface area contributed by atoms with Crippen LogP contribution in [0.4, 0.5) is 0 Å². The van der Waals surface area contributed by atoms with E-state index in [0.29, 0.717) is 20.4 Å². The number of rotatable bonds is 2. The zero-order valence-corrected chi connectivity index (χ0v) is 12.7. The van der Waals surface area contributed by atoms with Crippen LogP contribution < -0.4 is 5.56 Å². The van der Waals surface area contributed by atoms with E-state index in [2.05, 4.69) is 15.0 Å². The second-order valence-corrected chi connectivity index (χ2v) is 5.34. The van der Waals surface area contributed by atoms with Crippen LogP contribution in [0.15, 0.2) is 17.1 Å². The van der Waals surface area contributed by atoms with Gasteiger partial charge in [0.2, 0.25) is 0 Å². The van der Waals surface area contributed by atoms with Crippen LogP contribution >= 0.6 is 34.2 Å². The van der Waals surface area contributed by atoms with Gasteiger partial charge in [-0.3, -0.25) is 9.36 Å². The van der Waals surface area contributed by atoms with Crippen molar-refractivity contribution in [2.24, 2.45) is 0 Å². The van der Waals surface area contributed by atoms with Crippen molar-refractivity contribution < 1.29 is 0 Å². The summed E-state index contributed by atoms with van der Waals surface area (Å²) in [5, 5.41) is 0.377. The van der Waals surface area contributed by atoms with Crippen molar-refractivity contribution in [3.8, 4) is 0 Å². The molecule has 0 aliphatic carbocycles. The number of nitrogens with zero attached hydrogens (tertiary/aromatic N) is 4. The first-order chi connectivity index (χ1) is 8.47. The summed E-state index contributed by atoms with van der Waals surface area (Å²) in [4.78, 5) is 24.5. The third kappa shape index (κ3) is 2.86. The average molecular weight is 377 g/mol. The molecule has 0 amide bonds. The van der Waals surface area contributed by atoms with Crippen LogP contribution in [0.3, 0.4) is 0 Å². The van der Waals surface area contributed by atoms with Crippen molar-refractivity contribution in [2.45, 2.75) is 20.4 Å². The smallest absolute Gasteiger partial charge is 0.267 e. The Hall–Kier alpha value is -1.02. The zero-order valence-electron chi connectivity index (χ0n) is 9.81. The Morgan fingerprint density at radius 1 is 1.39 bits per heavy atom. The van der Waals surface area contributed by atoms with Crippen molar-refractivity contribution in [2.75, 3.05) is 0 Å². The van der Waals surface area contributed by atoms with Crippen molar-refractivity contribution in [1.82, 2.24) is 19.5 Å². The lowest BCUT2D eigenvalue weighted by atomic mass is 10.4. The molecule has 18 heavy (non-hydrogen) atoms. The summed E-state index contributed by atoms with van der Waals surface area (Å²) < 4.78 is 2.10. The zero-order chi connectivity index (χ0) is 13.3. The van der Waals surface area contributed by atoms with E-state index in [1.165, 1.54) is 4.57 Å². The minimum absolute atomic E-state index is 0.0932. The summed E-state index contributed by atoms with van der Waals surface area (Å²) >= 11 is 7.83. The Morgan fingerprint density at radius 3 is 2.78 bits per heavy atom. The van der Waals surface area contributed by atoms with Crippen molar-refractivity contribution in [1.29, 1.82) is 0 Å². The van der Waals surface area contributed by atoms with Crippen LogP contribution in [-0.4, -0.2) is 19.5 Å². The van der Waals surface area contributed by atoms with Crippen molar-refractivity contribution >= 4 is 34.2 Å². The molecule has 0 radical (unpaired) electrons. The summed E-state index contributed by atoms with van der Waals surface area (Å²) in [7, 11) is 0. The van der Waals surface area contributed by atoms with E-state index in [9.17, 15) is 4.79 Å². The molecule has 0 aliphatic heterocycles. The summed E-state index contributed by atoms with van der Waals surface area (Å²) in [6.45, 7) is 3.88. The number of halogens is 2. The molecule has 2 aromatic heterocycles. The van der Waals surface area contributed by atoms with Gasteiger partial charge in [-0.25, -0.2) is 15.0 Å². The summed E-state index contributed by atoms with van der Waals surface area (Å²) in [6.07, 6.45) is 1.55. The maximum absolute atomic E-state index is 12.0.